The van der Waals surface area contributed by atoms with Crippen molar-refractivity contribution in [3.8, 4) is 5.75 Å². The largest absolute Gasteiger partial charge is 0.495 e. The Morgan fingerprint density at radius 2 is 1.79 bits per heavy atom. The number of carbonyl (C=O) groups is 1. The van der Waals surface area contributed by atoms with E-state index in [1.54, 1.807) is 7.11 Å². The molecule has 1 aromatic rings. The third-order valence-electron chi connectivity index (χ3n) is 2.10. The lowest BCUT2D eigenvalue weighted by atomic mass is 10.2. The summed E-state index contributed by atoms with van der Waals surface area (Å²) in [6, 6.07) is 3.97. The quantitative estimate of drug-likeness (QED) is 0.656. The number of nitrogens with one attached hydrogen (secondary N) is 1. The van der Waals surface area contributed by atoms with Gasteiger partial charge in [-0.2, -0.15) is 0 Å². The molecule has 0 aliphatic heterocycles. The van der Waals surface area contributed by atoms with E-state index in [1.165, 1.54) is 0 Å². The van der Waals surface area contributed by atoms with E-state index in [0.29, 0.717) is 6.54 Å². The van der Waals surface area contributed by atoms with Gasteiger partial charge in [0.2, 0.25) is 0 Å². The van der Waals surface area contributed by atoms with Gasteiger partial charge in [0.15, 0.2) is 0 Å². The Hall–Kier alpha value is -0.250. The highest BCUT2D eigenvalue weighted by atomic mass is 127. The maximum Gasteiger partial charge on any atom is 0.407 e. The molecule has 106 valence electrons. The second-order valence-corrected chi connectivity index (χ2v) is 7.27. The predicted octanol–water partition coefficient (Wildman–Crippen LogP) is 3.93. The molecule has 4 nitrogen and oxygen atoms in total. The fraction of sp³-hybridized carbons (Fsp3) is 0.462. The summed E-state index contributed by atoms with van der Waals surface area (Å²) in [6.07, 6.45) is -0.409. The lowest BCUT2D eigenvalue weighted by Crippen LogP contribution is -2.32. The van der Waals surface area contributed by atoms with Gasteiger partial charge in [0, 0.05) is 6.54 Å². The molecule has 6 heteroatoms. The number of hydrogen-bond acceptors (Lipinski definition) is 3. The normalized spacial score (nSPS) is 11.1. The molecule has 0 aromatic heterocycles. The monoisotopic (exact) mass is 489 g/mol. The van der Waals surface area contributed by atoms with Crippen LogP contribution >= 0.6 is 45.2 Å². The van der Waals surface area contributed by atoms with Crippen LogP contribution in [0.5, 0.6) is 5.75 Å². The average Bonchev–Trinajstić information content (AvgIpc) is 2.23. The van der Waals surface area contributed by atoms with Crippen molar-refractivity contribution in [2.75, 3.05) is 7.11 Å². The van der Waals surface area contributed by atoms with E-state index in [-0.39, 0.29) is 0 Å². The molecular formula is C13H17I2NO3. The van der Waals surface area contributed by atoms with Crippen LogP contribution in [0.25, 0.3) is 0 Å². The van der Waals surface area contributed by atoms with Crippen LogP contribution in [-0.4, -0.2) is 18.8 Å². The third-order valence-corrected chi connectivity index (χ3v) is 3.70. The molecular weight excluding hydrogens is 472 g/mol. The van der Waals surface area contributed by atoms with Gasteiger partial charge < -0.3 is 14.8 Å². The van der Waals surface area contributed by atoms with E-state index in [2.05, 4.69) is 50.5 Å². The van der Waals surface area contributed by atoms with Gasteiger partial charge in [0.05, 0.1) is 14.3 Å². The van der Waals surface area contributed by atoms with Crippen LogP contribution in [0.1, 0.15) is 26.3 Å². The molecule has 0 spiro atoms. The van der Waals surface area contributed by atoms with E-state index >= 15 is 0 Å². The van der Waals surface area contributed by atoms with Gasteiger partial charge in [-0.05, 0) is 83.6 Å². The first-order valence-electron chi connectivity index (χ1n) is 5.71. The minimum atomic E-state index is -0.479. The van der Waals surface area contributed by atoms with Gasteiger partial charge in [-0.3, -0.25) is 0 Å². The first-order chi connectivity index (χ1) is 8.73. The van der Waals surface area contributed by atoms with Crippen molar-refractivity contribution in [2.45, 2.75) is 32.9 Å². The van der Waals surface area contributed by atoms with E-state index in [1.807, 2.05) is 32.9 Å². The smallest absolute Gasteiger partial charge is 0.407 e. The fourth-order valence-corrected chi connectivity index (χ4v) is 3.74. The van der Waals surface area contributed by atoms with E-state index in [4.69, 9.17) is 9.47 Å². The Bertz CT molecular complexity index is 446. The van der Waals surface area contributed by atoms with E-state index in [0.717, 1.165) is 18.5 Å². The van der Waals surface area contributed by atoms with Crippen LogP contribution in [0, 0.1) is 7.14 Å². The molecule has 19 heavy (non-hydrogen) atoms. The highest BCUT2D eigenvalue weighted by Gasteiger charge is 2.16. The Labute approximate surface area is 140 Å². The molecule has 0 aliphatic carbocycles. The van der Waals surface area contributed by atoms with Gasteiger partial charge in [-0.1, -0.05) is 0 Å². The average molecular weight is 489 g/mol. The number of ether oxygens (including phenoxy) is 2. The van der Waals surface area contributed by atoms with Crippen molar-refractivity contribution in [1.29, 1.82) is 0 Å². The molecule has 0 aliphatic rings. The molecule has 0 heterocycles. The summed E-state index contributed by atoms with van der Waals surface area (Å²) in [5, 5.41) is 2.74. The number of alkyl carbamates (subject to hydrolysis) is 1. The summed E-state index contributed by atoms with van der Waals surface area (Å²) in [6.45, 7) is 5.95. The van der Waals surface area contributed by atoms with Crippen LogP contribution in [-0.2, 0) is 11.3 Å². The number of halogens is 2. The minimum Gasteiger partial charge on any atom is -0.495 e. The molecule has 1 N–H and O–H groups in total. The zero-order valence-corrected chi connectivity index (χ0v) is 15.7. The number of benzene rings is 1. The predicted molar refractivity (Wildman–Crippen MR) is 91.5 cm³/mol. The lowest BCUT2D eigenvalue weighted by Gasteiger charge is -2.19. The molecule has 0 atom stereocenters. The molecule has 1 amide bonds. The Kier molecular flexibility index (Phi) is 6.15. The van der Waals surface area contributed by atoms with Gasteiger partial charge >= 0.3 is 6.09 Å². The van der Waals surface area contributed by atoms with E-state index in [9.17, 15) is 4.79 Å². The Balaban J connectivity index is 2.67. The first-order valence-corrected chi connectivity index (χ1v) is 7.87. The number of methoxy groups -OCH3 is 1. The minimum absolute atomic E-state index is 0.409. The van der Waals surface area contributed by atoms with Crippen LogP contribution in [0.2, 0.25) is 0 Å². The molecule has 1 aromatic carbocycles. The van der Waals surface area contributed by atoms with Crippen LogP contribution in [0.15, 0.2) is 12.1 Å². The van der Waals surface area contributed by atoms with Crippen LogP contribution in [0.3, 0.4) is 0 Å². The summed E-state index contributed by atoms with van der Waals surface area (Å²) >= 11 is 4.43. The number of hydrogen-bond donors (Lipinski definition) is 1. The van der Waals surface area contributed by atoms with Crippen LogP contribution < -0.4 is 10.1 Å². The maximum absolute atomic E-state index is 11.6. The molecule has 0 saturated carbocycles. The Morgan fingerprint density at radius 3 is 2.21 bits per heavy atom. The number of rotatable bonds is 3. The molecule has 0 unspecified atom stereocenters. The maximum atomic E-state index is 11.6. The molecule has 0 bridgehead atoms. The molecule has 0 saturated heterocycles. The summed E-state index contributed by atoms with van der Waals surface area (Å²) in [5.74, 6) is 0.863. The van der Waals surface area contributed by atoms with Gasteiger partial charge in [-0.25, -0.2) is 4.79 Å². The van der Waals surface area contributed by atoms with E-state index < -0.39 is 11.7 Å². The lowest BCUT2D eigenvalue weighted by molar-refractivity contribution is 0.0523. The van der Waals surface area contributed by atoms with Crippen molar-refractivity contribution in [2.24, 2.45) is 0 Å². The second kappa shape index (κ2) is 6.96. The Morgan fingerprint density at radius 1 is 1.26 bits per heavy atom. The zero-order chi connectivity index (χ0) is 14.6. The van der Waals surface area contributed by atoms with Crippen LogP contribution in [0.4, 0.5) is 4.79 Å². The fourth-order valence-electron chi connectivity index (χ4n) is 1.40. The highest BCUT2D eigenvalue weighted by molar-refractivity contribution is 14.1. The topological polar surface area (TPSA) is 47.6 Å². The summed E-state index contributed by atoms with van der Waals surface area (Å²) in [5.41, 5.74) is 0.535. The number of carbonyl (C=O) groups excluding carboxylic acids is 1. The van der Waals surface area contributed by atoms with Crippen molar-refractivity contribution in [1.82, 2.24) is 5.32 Å². The van der Waals surface area contributed by atoms with Crippen molar-refractivity contribution < 1.29 is 14.3 Å². The summed E-state index contributed by atoms with van der Waals surface area (Å²) in [7, 11) is 1.65. The SMILES string of the molecule is COc1c(I)cc(CNC(=O)OC(C)(C)C)cc1I. The standard InChI is InChI=1S/C13H17I2NO3/c1-13(2,3)19-12(17)16-7-8-5-9(14)11(18-4)10(15)6-8/h5-6H,7H2,1-4H3,(H,16,17). The summed E-state index contributed by atoms with van der Waals surface area (Å²) in [4.78, 5) is 11.6. The molecule has 0 fully saturated rings. The highest BCUT2D eigenvalue weighted by Crippen LogP contribution is 2.28. The van der Waals surface area contributed by atoms with Gasteiger partial charge in [0.1, 0.15) is 11.4 Å². The molecule has 0 radical (unpaired) electrons. The third kappa shape index (κ3) is 5.72. The van der Waals surface area contributed by atoms with Crippen molar-refractivity contribution in [3.63, 3.8) is 0 Å². The zero-order valence-electron chi connectivity index (χ0n) is 11.3. The summed E-state index contributed by atoms with van der Waals surface area (Å²) < 4.78 is 12.5. The first kappa shape index (κ1) is 16.8. The molecule has 1 rings (SSSR count). The van der Waals surface area contributed by atoms with Gasteiger partial charge in [-0.15, -0.1) is 0 Å². The van der Waals surface area contributed by atoms with Gasteiger partial charge in [0.25, 0.3) is 0 Å². The second-order valence-electron chi connectivity index (χ2n) is 4.95. The van der Waals surface area contributed by atoms with Crippen molar-refractivity contribution >= 4 is 51.3 Å². The number of amides is 1. The van der Waals surface area contributed by atoms with Crippen molar-refractivity contribution in [3.05, 3.63) is 24.8 Å².